The average Bonchev–Trinajstić information content (AvgIpc) is 3.49. The van der Waals surface area contributed by atoms with Crippen LogP contribution in [0.4, 0.5) is 0 Å². The van der Waals surface area contributed by atoms with Crippen molar-refractivity contribution in [1.29, 1.82) is 0 Å². The Labute approximate surface area is 256 Å². The van der Waals surface area contributed by atoms with Crippen LogP contribution in [0, 0.1) is 5.92 Å². The van der Waals surface area contributed by atoms with Crippen molar-refractivity contribution in [3.63, 3.8) is 0 Å². The number of methoxy groups -OCH3 is 3. The molecule has 1 saturated carbocycles. The third-order valence-electron chi connectivity index (χ3n) is 9.06. The Morgan fingerprint density at radius 1 is 0.905 bits per heavy atom. The fraction of sp³-hybridized carbons (Fsp3) is 0.382. The monoisotopic (exact) mass is 602 g/mol. The number of hydrogen-bond donors (Lipinski definition) is 1. The van der Waals surface area contributed by atoms with Gasteiger partial charge in [0.25, 0.3) is 0 Å². The van der Waals surface area contributed by atoms with Gasteiger partial charge in [-0.1, -0.05) is 54.6 Å². The number of fused-ring (bicyclic) bond motifs is 4. The number of benzene rings is 3. The molecule has 8 heteroatoms. The van der Waals surface area contributed by atoms with Crippen molar-refractivity contribution in [1.82, 2.24) is 9.88 Å². The summed E-state index contributed by atoms with van der Waals surface area (Å²) in [6.07, 6.45) is 2.12. The van der Waals surface area contributed by atoms with Crippen molar-refractivity contribution in [2.24, 2.45) is 5.92 Å². The van der Waals surface area contributed by atoms with Crippen LogP contribution in [-0.2, 0) is 24.4 Å². The zero-order valence-electron chi connectivity index (χ0n) is 24.3. The lowest BCUT2D eigenvalue weighted by atomic mass is 9.58. The predicted molar refractivity (Wildman–Crippen MR) is 170 cm³/mol. The molecule has 3 aliphatic rings. The van der Waals surface area contributed by atoms with E-state index in [2.05, 4.69) is 88.7 Å². The maximum absolute atomic E-state index is 14.0. The van der Waals surface area contributed by atoms with Gasteiger partial charge in [-0.05, 0) is 54.6 Å². The number of esters is 1. The first kappa shape index (κ1) is 29.3. The first-order chi connectivity index (χ1) is 20.5. The van der Waals surface area contributed by atoms with Gasteiger partial charge in [-0.2, -0.15) is 0 Å². The standard InChI is InChI=1S/C34H38N2O4S2/c1-38-32(37)33(29-20-24-12-10-11-17-28(24)35-29)21-25-23-36(30(33)22-34(25,39-2)40-3)19-18-31(41-26-13-6-4-7-14-26)42-27-15-8-5-9-16-27/h4-17,20,25,30-31,35H,18-19,21-23H2,1-3H3/t25-,30+,33-/m0/s1. The summed E-state index contributed by atoms with van der Waals surface area (Å²) in [4.78, 5) is 22.6. The number of carbonyl (C=O) groups excluding carboxylic acids is 1. The smallest absolute Gasteiger partial charge is 0.319 e. The van der Waals surface area contributed by atoms with Crippen molar-refractivity contribution in [3.05, 3.63) is 96.7 Å². The fourth-order valence-electron chi connectivity index (χ4n) is 7.01. The van der Waals surface area contributed by atoms with Gasteiger partial charge in [-0.25, -0.2) is 0 Å². The number of aromatic amines is 1. The topological polar surface area (TPSA) is 63.8 Å². The quantitative estimate of drug-likeness (QED) is 0.113. The molecular weight excluding hydrogens is 565 g/mol. The minimum atomic E-state index is -0.855. The van der Waals surface area contributed by atoms with E-state index in [9.17, 15) is 4.79 Å². The first-order valence-electron chi connectivity index (χ1n) is 14.5. The van der Waals surface area contributed by atoms with Crippen LogP contribution in [-0.4, -0.2) is 66.7 Å². The normalized spacial score (nSPS) is 23.4. The Bertz CT molecular complexity index is 1420. The molecule has 1 aromatic heterocycles. The molecule has 6 nitrogen and oxygen atoms in total. The number of nitrogens with one attached hydrogen (secondary N) is 1. The van der Waals surface area contributed by atoms with Gasteiger partial charge in [0.15, 0.2) is 5.79 Å². The maximum Gasteiger partial charge on any atom is 0.319 e. The molecule has 3 fully saturated rings. The molecule has 1 N–H and O–H groups in total. The molecular formula is C34H38N2O4S2. The van der Waals surface area contributed by atoms with Crippen LogP contribution in [0.5, 0.6) is 0 Å². The van der Waals surface area contributed by atoms with Crippen LogP contribution in [0.3, 0.4) is 0 Å². The Kier molecular flexibility index (Phi) is 8.70. The van der Waals surface area contributed by atoms with Gasteiger partial charge in [-0.3, -0.25) is 9.69 Å². The van der Waals surface area contributed by atoms with Gasteiger partial charge >= 0.3 is 5.97 Å². The predicted octanol–water partition coefficient (Wildman–Crippen LogP) is 6.96. The second-order valence-electron chi connectivity index (χ2n) is 11.1. The summed E-state index contributed by atoms with van der Waals surface area (Å²) in [5.41, 5.74) is 1.07. The summed E-state index contributed by atoms with van der Waals surface area (Å²) >= 11 is 3.80. The molecule has 0 radical (unpaired) electrons. The van der Waals surface area contributed by atoms with Crippen molar-refractivity contribution >= 4 is 40.4 Å². The van der Waals surface area contributed by atoms with Gasteiger partial charge in [0, 0.05) is 66.7 Å². The zero-order chi connectivity index (χ0) is 29.2. The molecule has 2 saturated heterocycles. The Hall–Kier alpha value is -2.75. The fourth-order valence-corrected chi connectivity index (χ4v) is 9.55. The summed E-state index contributed by atoms with van der Waals surface area (Å²) in [5.74, 6) is -0.949. The molecule has 2 bridgehead atoms. The van der Waals surface area contributed by atoms with Crippen LogP contribution in [0.1, 0.15) is 25.0 Å². The summed E-state index contributed by atoms with van der Waals surface area (Å²) in [5, 5.41) is 1.09. The number of carbonyl (C=O) groups is 1. The molecule has 1 aliphatic carbocycles. The summed E-state index contributed by atoms with van der Waals surface area (Å²) in [7, 11) is 4.95. The molecule has 2 aliphatic heterocycles. The molecule has 3 atom stereocenters. The highest BCUT2D eigenvalue weighted by molar-refractivity contribution is 8.17. The SMILES string of the molecule is COC(=O)[C@]1(c2cc3ccccc3[nH]2)C[C@H]2CN(CCC(Sc3ccccc3)Sc3ccccc3)[C@@H]1CC2(OC)OC. The average molecular weight is 603 g/mol. The number of H-pyrrole nitrogens is 1. The minimum Gasteiger partial charge on any atom is -0.468 e. The molecule has 7 rings (SSSR count). The van der Waals surface area contributed by atoms with Gasteiger partial charge in [-0.15, -0.1) is 23.5 Å². The van der Waals surface area contributed by atoms with Crippen molar-refractivity contribution in [2.75, 3.05) is 34.4 Å². The number of thioether (sulfide) groups is 2. The number of piperidine rings is 2. The van der Waals surface area contributed by atoms with E-state index in [-0.39, 0.29) is 17.9 Å². The lowest BCUT2D eigenvalue weighted by molar-refractivity contribution is -0.296. The van der Waals surface area contributed by atoms with Crippen molar-refractivity contribution < 1.29 is 19.0 Å². The molecule has 0 amide bonds. The zero-order valence-corrected chi connectivity index (χ0v) is 26.0. The van der Waals surface area contributed by atoms with E-state index in [4.69, 9.17) is 14.2 Å². The highest BCUT2D eigenvalue weighted by atomic mass is 32.2. The second kappa shape index (κ2) is 12.5. The van der Waals surface area contributed by atoms with Crippen molar-refractivity contribution in [3.8, 4) is 0 Å². The number of rotatable bonds is 11. The summed E-state index contributed by atoms with van der Waals surface area (Å²) in [6.45, 7) is 1.64. The highest BCUT2D eigenvalue weighted by Gasteiger charge is 2.66. The molecule has 220 valence electrons. The van der Waals surface area contributed by atoms with E-state index in [1.807, 2.05) is 35.7 Å². The number of para-hydroxylation sites is 1. The number of nitrogens with zero attached hydrogens (tertiary/aromatic N) is 1. The molecule has 3 heterocycles. The van der Waals surface area contributed by atoms with E-state index in [1.54, 1.807) is 14.2 Å². The van der Waals surface area contributed by atoms with E-state index in [0.29, 0.717) is 17.4 Å². The molecule has 0 spiro atoms. The lowest BCUT2D eigenvalue weighted by Gasteiger charge is -2.61. The van der Waals surface area contributed by atoms with Crippen LogP contribution >= 0.6 is 23.5 Å². The first-order valence-corrected chi connectivity index (χ1v) is 16.2. The largest absolute Gasteiger partial charge is 0.468 e. The minimum absolute atomic E-state index is 0.00925. The van der Waals surface area contributed by atoms with E-state index < -0.39 is 11.2 Å². The van der Waals surface area contributed by atoms with E-state index in [1.165, 1.54) is 16.9 Å². The summed E-state index contributed by atoms with van der Waals surface area (Å²) < 4.78 is 18.0. The van der Waals surface area contributed by atoms with Crippen molar-refractivity contribution in [2.45, 2.75) is 50.9 Å². The van der Waals surface area contributed by atoms with Crippen LogP contribution in [0.25, 0.3) is 10.9 Å². The third-order valence-corrected chi connectivity index (χ3v) is 11.7. The lowest BCUT2D eigenvalue weighted by Crippen LogP contribution is -2.72. The number of ether oxygens (including phenoxy) is 3. The summed E-state index contributed by atoms with van der Waals surface area (Å²) in [6, 6.07) is 31.4. The van der Waals surface area contributed by atoms with Crippen LogP contribution in [0.2, 0.25) is 0 Å². The van der Waals surface area contributed by atoms with Crippen LogP contribution < -0.4 is 0 Å². The molecule has 4 aromatic rings. The number of aromatic nitrogens is 1. The number of hydrogen-bond acceptors (Lipinski definition) is 7. The van der Waals surface area contributed by atoms with Gasteiger partial charge < -0.3 is 19.2 Å². The van der Waals surface area contributed by atoms with Crippen LogP contribution in [0.15, 0.2) is 101 Å². The molecule has 0 unspecified atom stereocenters. The maximum atomic E-state index is 14.0. The van der Waals surface area contributed by atoms with E-state index >= 15 is 0 Å². The molecule has 42 heavy (non-hydrogen) atoms. The Balaban J connectivity index is 1.33. The van der Waals surface area contributed by atoms with Gasteiger partial charge in [0.2, 0.25) is 0 Å². The Morgan fingerprint density at radius 3 is 2.10 bits per heavy atom. The Morgan fingerprint density at radius 2 is 1.52 bits per heavy atom. The van der Waals surface area contributed by atoms with Gasteiger partial charge in [0.05, 0.1) is 11.7 Å². The molecule has 3 aromatic carbocycles. The second-order valence-corrected chi connectivity index (χ2v) is 14.0. The van der Waals surface area contributed by atoms with Gasteiger partial charge in [0.1, 0.15) is 5.41 Å². The highest BCUT2D eigenvalue weighted by Crippen LogP contribution is 2.55. The van der Waals surface area contributed by atoms with E-state index in [0.717, 1.165) is 36.1 Å². The third kappa shape index (κ3) is 5.40.